The van der Waals surface area contributed by atoms with Gasteiger partial charge in [-0.2, -0.15) is 0 Å². The molecule has 0 radical (unpaired) electrons. The predicted molar refractivity (Wildman–Crippen MR) is 83.6 cm³/mol. The molecule has 0 aliphatic rings. The number of carbonyl (C=O) groups is 1. The lowest BCUT2D eigenvalue weighted by Gasteiger charge is -1.97. The van der Waals surface area contributed by atoms with Crippen LogP contribution in [0.2, 0.25) is 0 Å². The number of ether oxygens (including phenoxy) is 1. The molecule has 0 aliphatic carbocycles. The van der Waals surface area contributed by atoms with Gasteiger partial charge in [-0.05, 0) is 35.4 Å². The van der Waals surface area contributed by atoms with E-state index < -0.39 is 0 Å². The Labute approximate surface area is 123 Å². The van der Waals surface area contributed by atoms with E-state index in [0.717, 1.165) is 11.1 Å². The largest absolute Gasteiger partial charge is 0.508 e. The topological polar surface area (TPSA) is 46.5 Å². The van der Waals surface area contributed by atoms with Gasteiger partial charge in [-0.25, -0.2) is 4.79 Å². The van der Waals surface area contributed by atoms with E-state index in [2.05, 4.69) is 0 Å². The molecule has 3 heteroatoms. The summed E-state index contributed by atoms with van der Waals surface area (Å²) in [6.07, 6.45) is 6.70. The van der Waals surface area contributed by atoms with Gasteiger partial charge in [0.25, 0.3) is 0 Å². The molecule has 2 aromatic rings. The van der Waals surface area contributed by atoms with Crippen molar-refractivity contribution in [3.05, 3.63) is 77.9 Å². The third-order valence-electron chi connectivity index (χ3n) is 2.74. The fraction of sp³-hybridized carbons (Fsp3) is 0.0556. The van der Waals surface area contributed by atoms with Crippen molar-refractivity contribution in [3.63, 3.8) is 0 Å². The molecule has 0 bridgehead atoms. The number of esters is 1. The van der Waals surface area contributed by atoms with Gasteiger partial charge in [0.2, 0.25) is 0 Å². The Kier molecular flexibility index (Phi) is 5.35. The summed E-state index contributed by atoms with van der Waals surface area (Å²) >= 11 is 0. The summed E-state index contributed by atoms with van der Waals surface area (Å²) in [5, 5.41) is 9.15. The van der Waals surface area contributed by atoms with Gasteiger partial charge in [0.1, 0.15) is 12.4 Å². The molecule has 0 unspecified atom stereocenters. The second-order valence-corrected chi connectivity index (χ2v) is 4.37. The van der Waals surface area contributed by atoms with E-state index in [-0.39, 0.29) is 18.3 Å². The van der Waals surface area contributed by atoms with E-state index in [1.807, 2.05) is 36.4 Å². The molecule has 2 aromatic carbocycles. The fourth-order valence-corrected chi connectivity index (χ4v) is 1.68. The Morgan fingerprint density at radius 2 is 1.62 bits per heavy atom. The highest BCUT2D eigenvalue weighted by atomic mass is 16.5. The Bertz CT molecular complexity index is 625. The molecule has 0 spiro atoms. The third-order valence-corrected chi connectivity index (χ3v) is 2.74. The van der Waals surface area contributed by atoms with Crippen LogP contribution in [-0.4, -0.2) is 17.7 Å². The van der Waals surface area contributed by atoms with Gasteiger partial charge in [0.05, 0.1) is 0 Å². The van der Waals surface area contributed by atoms with Gasteiger partial charge in [-0.1, -0.05) is 48.5 Å². The Morgan fingerprint density at radius 3 is 2.33 bits per heavy atom. The number of hydrogen-bond donors (Lipinski definition) is 1. The Hall–Kier alpha value is -2.81. The van der Waals surface area contributed by atoms with Gasteiger partial charge in [0.15, 0.2) is 0 Å². The summed E-state index contributed by atoms with van der Waals surface area (Å²) in [5.41, 5.74) is 1.89. The van der Waals surface area contributed by atoms with Crippen LogP contribution in [0.5, 0.6) is 5.75 Å². The predicted octanol–water partition coefficient (Wildman–Crippen LogP) is 3.66. The summed E-state index contributed by atoms with van der Waals surface area (Å²) in [5.74, 6) is -0.154. The molecule has 3 nitrogen and oxygen atoms in total. The maximum absolute atomic E-state index is 11.5. The Morgan fingerprint density at radius 1 is 0.952 bits per heavy atom. The minimum Gasteiger partial charge on any atom is -0.508 e. The van der Waals surface area contributed by atoms with Crippen molar-refractivity contribution in [3.8, 4) is 5.75 Å². The maximum Gasteiger partial charge on any atom is 0.331 e. The number of benzene rings is 2. The molecule has 0 aliphatic heterocycles. The van der Waals surface area contributed by atoms with Crippen LogP contribution in [0.4, 0.5) is 0 Å². The summed E-state index contributed by atoms with van der Waals surface area (Å²) in [6, 6.07) is 16.3. The van der Waals surface area contributed by atoms with Crippen molar-refractivity contribution >= 4 is 18.1 Å². The smallest absolute Gasteiger partial charge is 0.331 e. The highest BCUT2D eigenvalue weighted by molar-refractivity contribution is 5.87. The minimum absolute atomic E-state index is 0.207. The lowest BCUT2D eigenvalue weighted by molar-refractivity contribution is -0.136. The first-order chi connectivity index (χ1) is 10.2. The lowest BCUT2D eigenvalue weighted by Crippen LogP contribution is -1.99. The summed E-state index contributed by atoms with van der Waals surface area (Å²) in [4.78, 5) is 11.5. The van der Waals surface area contributed by atoms with Crippen molar-refractivity contribution in [1.29, 1.82) is 0 Å². The monoisotopic (exact) mass is 280 g/mol. The molecule has 0 saturated heterocycles. The first-order valence-corrected chi connectivity index (χ1v) is 6.59. The zero-order valence-corrected chi connectivity index (χ0v) is 11.5. The van der Waals surface area contributed by atoms with Crippen molar-refractivity contribution < 1.29 is 14.6 Å². The van der Waals surface area contributed by atoms with Crippen molar-refractivity contribution in [2.45, 2.75) is 0 Å². The normalized spacial score (nSPS) is 11.0. The molecule has 0 saturated carbocycles. The fourth-order valence-electron chi connectivity index (χ4n) is 1.68. The van der Waals surface area contributed by atoms with E-state index in [1.165, 1.54) is 6.08 Å². The Balaban J connectivity index is 1.76. The molecule has 21 heavy (non-hydrogen) atoms. The van der Waals surface area contributed by atoms with Crippen LogP contribution in [0.15, 0.2) is 66.7 Å². The zero-order valence-electron chi connectivity index (χ0n) is 11.5. The van der Waals surface area contributed by atoms with E-state index in [4.69, 9.17) is 9.84 Å². The van der Waals surface area contributed by atoms with Crippen molar-refractivity contribution in [2.24, 2.45) is 0 Å². The number of rotatable bonds is 5. The first-order valence-electron chi connectivity index (χ1n) is 6.59. The molecule has 0 fully saturated rings. The minimum atomic E-state index is -0.380. The summed E-state index contributed by atoms with van der Waals surface area (Å²) in [6.45, 7) is 0.207. The zero-order chi connectivity index (χ0) is 14.9. The van der Waals surface area contributed by atoms with Gasteiger partial charge in [-0.15, -0.1) is 0 Å². The average Bonchev–Trinajstić information content (AvgIpc) is 2.52. The first kappa shape index (κ1) is 14.6. The number of hydrogen-bond acceptors (Lipinski definition) is 3. The van der Waals surface area contributed by atoms with Crippen molar-refractivity contribution in [2.75, 3.05) is 6.61 Å². The van der Waals surface area contributed by atoms with Crippen LogP contribution < -0.4 is 0 Å². The SMILES string of the molecule is O=C(C=Cc1ccccc1)OCC=Cc1ccc(O)cc1. The van der Waals surface area contributed by atoms with Crippen LogP contribution in [-0.2, 0) is 9.53 Å². The molecule has 0 aromatic heterocycles. The second-order valence-electron chi connectivity index (χ2n) is 4.37. The van der Waals surface area contributed by atoms with Crippen LogP contribution in [0.3, 0.4) is 0 Å². The molecule has 0 heterocycles. The molecule has 2 rings (SSSR count). The van der Waals surface area contributed by atoms with E-state index in [9.17, 15) is 4.79 Å². The van der Waals surface area contributed by atoms with E-state index in [0.29, 0.717) is 0 Å². The summed E-state index contributed by atoms with van der Waals surface area (Å²) in [7, 11) is 0. The van der Waals surface area contributed by atoms with Gasteiger partial charge < -0.3 is 9.84 Å². The highest BCUT2D eigenvalue weighted by Gasteiger charge is 1.94. The number of phenolic OH excluding ortho intramolecular Hbond substituents is 1. The summed E-state index contributed by atoms with van der Waals surface area (Å²) < 4.78 is 5.05. The van der Waals surface area contributed by atoms with Gasteiger partial charge in [0, 0.05) is 6.08 Å². The molecular formula is C18H16O3. The standard InChI is InChI=1S/C18H16O3/c19-17-11-8-16(9-12-17)7-4-14-21-18(20)13-10-15-5-2-1-3-6-15/h1-13,19H,14H2. The quantitative estimate of drug-likeness (QED) is 0.671. The molecule has 106 valence electrons. The lowest BCUT2D eigenvalue weighted by atomic mass is 10.2. The van der Waals surface area contributed by atoms with Crippen LogP contribution >= 0.6 is 0 Å². The highest BCUT2D eigenvalue weighted by Crippen LogP contribution is 2.10. The molecule has 0 atom stereocenters. The molecular weight excluding hydrogens is 264 g/mol. The molecule has 0 amide bonds. The van der Waals surface area contributed by atoms with E-state index in [1.54, 1.807) is 36.4 Å². The molecule has 1 N–H and O–H groups in total. The third kappa shape index (κ3) is 5.37. The van der Waals surface area contributed by atoms with Crippen molar-refractivity contribution in [1.82, 2.24) is 0 Å². The van der Waals surface area contributed by atoms with E-state index >= 15 is 0 Å². The van der Waals surface area contributed by atoms with Crippen LogP contribution in [0.25, 0.3) is 12.2 Å². The second kappa shape index (κ2) is 7.70. The van der Waals surface area contributed by atoms with Crippen LogP contribution in [0, 0.1) is 0 Å². The van der Waals surface area contributed by atoms with Crippen LogP contribution in [0.1, 0.15) is 11.1 Å². The maximum atomic E-state index is 11.5. The van der Waals surface area contributed by atoms with Gasteiger partial charge >= 0.3 is 5.97 Å². The number of aromatic hydroxyl groups is 1. The number of phenols is 1. The van der Waals surface area contributed by atoms with Gasteiger partial charge in [-0.3, -0.25) is 0 Å². The number of carbonyl (C=O) groups excluding carboxylic acids is 1. The average molecular weight is 280 g/mol.